The molecule has 2 amide bonds. The normalized spacial score (nSPS) is 31.7. The minimum absolute atomic E-state index is 0.127. The SMILES string of the molecule is O=C1CCC(NC2CCC3(CCCC3)CC2)C(=O)N1. The molecule has 4 heteroatoms. The molecule has 106 valence electrons. The number of carbonyl (C=O) groups is 2. The van der Waals surface area contributed by atoms with Crippen LogP contribution < -0.4 is 10.6 Å². The molecule has 19 heavy (non-hydrogen) atoms. The van der Waals surface area contributed by atoms with Crippen LogP contribution in [-0.2, 0) is 9.59 Å². The maximum atomic E-state index is 11.7. The van der Waals surface area contributed by atoms with Crippen molar-refractivity contribution in [1.29, 1.82) is 0 Å². The topological polar surface area (TPSA) is 58.2 Å². The van der Waals surface area contributed by atoms with E-state index in [-0.39, 0.29) is 17.9 Å². The fourth-order valence-electron chi connectivity index (χ4n) is 4.16. The standard InChI is InChI=1S/C15H24N2O2/c18-13-4-3-12(14(19)17-13)16-11-5-9-15(10-6-11)7-1-2-8-15/h11-12,16H,1-10H2,(H,17,18,19). The Morgan fingerprint density at radius 3 is 2.32 bits per heavy atom. The summed E-state index contributed by atoms with van der Waals surface area (Å²) < 4.78 is 0. The number of imide groups is 1. The summed E-state index contributed by atoms with van der Waals surface area (Å²) in [5.41, 5.74) is 0.642. The lowest BCUT2D eigenvalue weighted by Gasteiger charge is -2.39. The van der Waals surface area contributed by atoms with Gasteiger partial charge in [-0.15, -0.1) is 0 Å². The Bertz CT molecular complexity index is 364. The van der Waals surface area contributed by atoms with E-state index in [1.165, 1.54) is 51.4 Å². The van der Waals surface area contributed by atoms with Crippen LogP contribution in [0.5, 0.6) is 0 Å². The summed E-state index contributed by atoms with van der Waals surface area (Å²) in [6, 6.07) is 0.315. The van der Waals surface area contributed by atoms with E-state index in [0.717, 1.165) is 0 Å². The van der Waals surface area contributed by atoms with Gasteiger partial charge in [0.1, 0.15) is 0 Å². The van der Waals surface area contributed by atoms with E-state index in [9.17, 15) is 9.59 Å². The molecule has 2 saturated carbocycles. The Balaban J connectivity index is 1.49. The van der Waals surface area contributed by atoms with E-state index in [4.69, 9.17) is 0 Å². The second-order valence-corrected chi connectivity index (χ2v) is 6.65. The third-order valence-corrected chi connectivity index (χ3v) is 5.39. The van der Waals surface area contributed by atoms with E-state index in [2.05, 4.69) is 10.6 Å². The van der Waals surface area contributed by atoms with Crippen molar-refractivity contribution < 1.29 is 9.59 Å². The molecular formula is C15H24N2O2. The smallest absolute Gasteiger partial charge is 0.243 e. The van der Waals surface area contributed by atoms with Crippen LogP contribution in [0.4, 0.5) is 0 Å². The third kappa shape index (κ3) is 2.83. The van der Waals surface area contributed by atoms with E-state index >= 15 is 0 Å². The molecule has 0 bridgehead atoms. The molecule has 4 nitrogen and oxygen atoms in total. The highest BCUT2D eigenvalue weighted by Crippen LogP contribution is 2.48. The molecule has 0 aromatic rings. The molecule has 1 saturated heterocycles. The van der Waals surface area contributed by atoms with Crippen molar-refractivity contribution in [3.8, 4) is 0 Å². The number of rotatable bonds is 2. The van der Waals surface area contributed by atoms with Crippen molar-refractivity contribution in [1.82, 2.24) is 10.6 Å². The Hall–Kier alpha value is -0.900. The van der Waals surface area contributed by atoms with Gasteiger partial charge in [-0.1, -0.05) is 12.8 Å². The molecule has 0 radical (unpaired) electrons. The first-order chi connectivity index (χ1) is 9.17. The van der Waals surface area contributed by atoms with Crippen molar-refractivity contribution in [2.24, 2.45) is 5.41 Å². The quantitative estimate of drug-likeness (QED) is 0.749. The van der Waals surface area contributed by atoms with Crippen molar-refractivity contribution in [3.63, 3.8) is 0 Å². The largest absolute Gasteiger partial charge is 0.303 e. The fourth-order valence-corrected chi connectivity index (χ4v) is 4.16. The van der Waals surface area contributed by atoms with Gasteiger partial charge in [-0.2, -0.15) is 0 Å². The van der Waals surface area contributed by atoms with Gasteiger partial charge < -0.3 is 5.32 Å². The highest BCUT2D eigenvalue weighted by molar-refractivity contribution is 6.00. The van der Waals surface area contributed by atoms with Gasteiger partial charge in [-0.05, 0) is 50.4 Å². The van der Waals surface area contributed by atoms with Crippen LogP contribution >= 0.6 is 0 Å². The average molecular weight is 264 g/mol. The lowest BCUT2D eigenvalue weighted by atomic mass is 9.71. The number of amides is 2. The Morgan fingerprint density at radius 1 is 1.00 bits per heavy atom. The third-order valence-electron chi connectivity index (χ3n) is 5.39. The average Bonchev–Trinajstić information content (AvgIpc) is 2.84. The fraction of sp³-hybridized carbons (Fsp3) is 0.867. The van der Waals surface area contributed by atoms with Gasteiger partial charge in [0, 0.05) is 12.5 Å². The van der Waals surface area contributed by atoms with Gasteiger partial charge in [-0.25, -0.2) is 0 Å². The van der Waals surface area contributed by atoms with Crippen LogP contribution in [-0.4, -0.2) is 23.9 Å². The van der Waals surface area contributed by atoms with E-state index in [1.807, 2.05) is 0 Å². The first kappa shape index (κ1) is 13.1. The highest BCUT2D eigenvalue weighted by atomic mass is 16.2. The van der Waals surface area contributed by atoms with Gasteiger partial charge in [0.2, 0.25) is 11.8 Å². The zero-order valence-electron chi connectivity index (χ0n) is 11.5. The molecule has 3 fully saturated rings. The summed E-state index contributed by atoms with van der Waals surface area (Å²) in [6.07, 6.45) is 11.8. The Labute approximate surface area is 114 Å². The van der Waals surface area contributed by atoms with Gasteiger partial charge >= 0.3 is 0 Å². The van der Waals surface area contributed by atoms with Crippen molar-refractivity contribution >= 4 is 11.8 Å². The lowest BCUT2D eigenvalue weighted by molar-refractivity contribution is -0.135. The molecule has 3 aliphatic rings. The summed E-state index contributed by atoms with van der Waals surface area (Å²) in [7, 11) is 0. The molecule has 3 rings (SSSR count). The van der Waals surface area contributed by atoms with Gasteiger partial charge in [0.15, 0.2) is 0 Å². The molecule has 0 aromatic carbocycles. The maximum Gasteiger partial charge on any atom is 0.243 e. The van der Waals surface area contributed by atoms with E-state index < -0.39 is 0 Å². The Kier molecular flexibility index (Phi) is 3.61. The predicted octanol–water partition coefficient (Wildman–Crippen LogP) is 1.88. The molecule has 2 N–H and O–H groups in total. The zero-order chi connectivity index (χ0) is 13.3. The summed E-state index contributed by atoms with van der Waals surface area (Å²) in [5.74, 6) is -0.256. The number of carbonyl (C=O) groups excluding carboxylic acids is 2. The zero-order valence-corrected chi connectivity index (χ0v) is 11.5. The Morgan fingerprint density at radius 2 is 1.68 bits per heavy atom. The van der Waals surface area contributed by atoms with Crippen LogP contribution in [0.15, 0.2) is 0 Å². The summed E-state index contributed by atoms with van der Waals surface area (Å²) >= 11 is 0. The van der Waals surface area contributed by atoms with Crippen molar-refractivity contribution in [3.05, 3.63) is 0 Å². The first-order valence-electron chi connectivity index (χ1n) is 7.77. The minimum Gasteiger partial charge on any atom is -0.303 e. The molecule has 2 aliphatic carbocycles. The molecule has 1 heterocycles. The van der Waals surface area contributed by atoms with Crippen LogP contribution in [0.3, 0.4) is 0 Å². The number of hydrogen-bond acceptors (Lipinski definition) is 3. The van der Waals surface area contributed by atoms with Crippen LogP contribution in [0, 0.1) is 5.41 Å². The van der Waals surface area contributed by atoms with Gasteiger partial charge in [0.05, 0.1) is 6.04 Å². The molecular weight excluding hydrogens is 240 g/mol. The molecule has 0 aromatic heterocycles. The van der Waals surface area contributed by atoms with E-state index in [0.29, 0.717) is 24.3 Å². The van der Waals surface area contributed by atoms with Crippen molar-refractivity contribution in [2.75, 3.05) is 0 Å². The summed E-state index contributed by atoms with van der Waals surface area (Å²) in [6.45, 7) is 0. The van der Waals surface area contributed by atoms with E-state index in [1.54, 1.807) is 0 Å². The highest BCUT2D eigenvalue weighted by Gasteiger charge is 2.38. The first-order valence-corrected chi connectivity index (χ1v) is 7.77. The van der Waals surface area contributed by atoms with Crippen LogP contribution in [0.25, 0.3) is 0 Å². The second kappa shape index (κ2) is 5.23. The predicted molar refractivity (Wildman–Crippen MR) is 72.5 cm³/mol. The molecule has 1 unspecified atom stereocenters. The lowest BCUT2D eigenvalue weighted by Crippen LogP contribution is -2.54. The van der Waals surface area contributed by atoms with Gasteiger partial charge in [0.25, 0.3) is 0 Å². The summed E-state index contributed by atoms with van der Waals surface area (Å²) in [5, 5.41) is 5.90. The second-order valence-electron chi connectivity index (χ2n) is 6.65. The minimum atomic E-state index is -0.152. The van der Waals surface area contributed by atoms with Crippen LogP contribution in [0.1, 0.15) is 64.2 Å². The monoisotopic (exact) mass is 264 g/mol. The summed E-state index contributed by atoms with van der Waals surface area (Å²) in [4.78, 5) is 22.9. The molecule has 1 atom stereocenters. The van der Waals surface area contributed by atoms with Crippen molar-refractivity contribution in [2.45, 2.75) is 76.3 Å². The van der Waals surface area contributed by atoms with Crippen LogP contribution in [0.2, 0.25) is 0 Å². The number of nitrogens with one attached hydrogen (secondary N) is 2. The number of piperidine rings is 1. The number of hydrogen-bond donors (Lipinski definition) is 2. The maximum absolute atomic E-state index is 11.7. The van der Waals surface area contributed by atoms with Gasteiger partial charge in [-0.3, -0.25) is 14.9 Å². The molecule has 1 aliphatic heterocycles. The molecule has 1 spiro atoms.